The third kappa shape index (κ3) is 4.09. The number of pyridine rings is 1. The van der Waals surface area contributed by atoms with E-state index in [4.69, 9.17) is 9.97 Å². The zero-order valence-electron chi connectivity index (χ0n) is 19.6. The van der Waals surface area contributed by atoms with E-state index in [0.717, 1.165) is 54.1 Å². The van der Waals surface area contributed by atoms with Crippen molar-refractivity contribution in [3.63, 3.8) is 0 Å². The van der Waals surface area contributed by atoms with E-state index in [1.165, 1.54) is 17.3 Å². The van der Waals surface area contributed by atoms with Crippen molar-refractivity contribution in [2.24, 2.45) is 0 Å². The fourth-order valence-corrected chi connectivity index (χ4v) is 4.76. The highest BCUT2D eigenvalue weighted by Gasteiger charge is 2.31. The molecule has 4 aromatic rings. The van der Waals surface area contributed by atoms with Crippen LogP contribution in [0, 0.1) is 19.7 Å². The van der Waals surface area contributed by atoms with Crippen LogP contribution in [0.2, 0.25) is 0 Å². The molecule has 1 saturated heterocycles. The van der Waals surface area contributed by atoms with Gasteiger partial charge in [-0.3, -0.25) is 4.90 Å². The minimum Gasteiger partial charge on any atom is -0.347 e. The van der Waals surface area contributed by atoms with Gasteiger partial charge in [0, 0.05) is 38.6 Å². The Balaban J connectivity index is 1.56. The first-order valence-corrected chi connectivity index (χ1v) is 11.4. The Morgan fingerprint density at radius 1 is 1.12 bits per heavy atom. The van der Waals surface area contributed by atoms with E-state index in [1.54, 1.807) is 12.1 Å². The number of benzene rings is 1. The fourth-order valence-electron chi connectivity index (χ4n) is 4.76. The van der Waals surface area contributed by atoms with Crippen LogP contribution in [-0.4, -0.2) is 44.9 Å². The Morgan fingerprint density at radius 2 is 1.97 bits per heavy atom. The predicted octanol–water partition coefficient (Wildman–Crippen LogP) is 4.95. The molecule has 7 heteroatoms. The molecule has 6 nitrogen and oxygen atoms in total. The molecule has 1 fully saturated rings. The third-order valence-electron chi connectivity index (χ3n) is 6.45. The Labute approximate surface area is 193 Å². The van der Waals surface area contributed by atoms with Crippen molar-refractivity contribution in [3.05, 3.63) is 77.3 Å². The molecule has 1 aromatic carbocycles. The smallest absolute Gasteiger partial charge is 0.225 e. The minimum absolute atomic E-state index is 0.125. The van der Waals surface area contributed by atoms with E-state index in [2.05, 4.69) is 46.5 Å². The maximum Gasteiger partial charge on any atom is 0.225 e. The van der Waals surface area contributed by atoms with Gasteiger partial charge in [-0.25, -0.2) is 19.3 Å². The van der Waals surface area contributed by atoms with Crippen molar-refractivity contribution < 1.29 is 4.39 Å². The summed E-state index contributed by atoms with van der Waals surface area (Å²) >= 11 is 0. The number of fused-ring (bicyclic) bond motifs is 1. The molecule has 170 valence electrons. The van der Waals surface area contributed by atoms with Crippen LogP contribution >= 0.6 is 0 Å². The van der Waals surface area contributed by atoms with Crippen LogP contribution in [0.5, 0.6) is 0 Å². The van der Waals surface area contributed by atoms with Gasteiger partial charge in [0.05, 0.1) is 23.1 Å². The Bertz CT molecular complexity index is 1310. The van der Waals surface area contributed by atoms with Crippen molar-refractivity contribution in [1.82, 2.24) is 24.3 Å². The van der Waals surface area contributed by atoms with Crippen LogP contribution in [0.15, 0.2) is 48.8 Å². The van der Waals surface area contributed by atoms with Gasteiger partial charge in [-0.15, -0.1) is 0 Å². The highest BCUT2D eigenvalue weighted by Crippen LogP contribution is 2.38. The summed E-state index contributed by atoms with van der Waals surface area (Å²) in [7, 11) is 3.88. The van der Waals surface area contributed by atoms with E-state index in [1.807, 2.05) is 31.3 Å². The summed E-state index contributed by atoms with van der Waals surface area (Å²) in [6.07, 6.45) is 6.04. The van der Waals surface area contributed by atoms with E-state index in [9.17, 15) is 4.39 Å². The Hall–Kier alpha value is -3.32. The topological polar surface area (TPSA) is 49.6 Å². The van der Waals surface area contributed by atoms with Gasteiger partial charge in [-0.05, 0) is 68.6 Å². The molecule has 0 spiro atoms. The molecule has 0 amide bonds. The summed E-state index contributed by atoms with van der Waals surface area (Å²) in [6, 6.07) is 11.1. The molecule has 0 radical (unpaired) electrons. The number of aryl methyl sites for hydroxylation is 2. The summed E-state index contributed by atoms with van der Waals surface area (Å²) in [5.74, 6) is 0.411. The van der Waals surface area contributed by atoms with Crippen LogP contribution in [0.25, 0.3) is 16.8 Å². The van der Waals surface area contributed by atoms with Gasteiger partial charge in [-0.1, -0.05) is 12.1 Å². The summed E-state index contributed by atoms with van der Waals surface area (Å²) in [5, 5.41) is 0. The van der Waals surface area contributed by atoms with Crippen LogP contribution < -0.4 is 4.90 Å². The molecule has 1 aliphatic rings. The van der Waals surface area contributed by atoms with E-state index in [-0.39, 0.29) is 11.9 Å². The summed E-state index contributed by atoms with van der Waals surface area (Å²) in [5.41, 5.74) is 7.09. The standard InChI is InChI=1S/C26H29FN6/c1-17-10-12-33-23(18(2)29-24(33)13-17)16-32-11-6-9-22(32)25-21(15-28-26(30-25)31(3)4)19-7-5-8-20(27)14-19/h5,7-8,10,12-15,22H,6,9,11,16H2,1-4H3/t22-/m1/s1. The van der Waals surface area contributed by atoms with Gasteiger partial charge >= 0.3 is 0 Å². The molecule has 0 unspecified atom stereocenters. The first kappa shape index (κ1) is 21.5. The quantitative estimate of drug-likeness (QED) is 0.436. The van der Waals surface area contributed by atoms with E-state index in [0.29, 0.717) is 5.95 Å². The lowest BCUT2D eigenvalue weighted by Gasteiger charge is -2.27. The normalized spacial score (nSPS) is 16.6. The van der Waals surface area contributed by atoms with Crippen molar-refractivity contribution >= 4 is 11.6 Å². The monoisotopic (exact) mass is 444 g/mol. The summed E-state index contributed by atoms with van der Waals surface area (Å²) < 4.78 is 16.2. The lowest BCUT2D eigenvalue weighted by molar-refractivity contribution is 0.241. The molecule has 4 heterocycles. The first-order chi connectivity index (χ1) is 15.9. The van der Waals surface area contributed by atoms with Gasteiger partial charge in [0.1, 0.15) is 11.5 Å². The van der Waals surface area contributed by atoms with Crippen molar-refractivity contribution in [1.29, 1.82) is 0 Å². The highest BCUT2D eigenvalue weighted by atomic mass is 19.1. The molecule has 0 N–H and O–H groups in total. The third-order valence-corrected chi connectivity index (χ3v) is 6.45. The summed E-state index contributed by atoms with van der Waals surface area (Å²) in [4.78, 5) is 18.7. The Morgan fingerprint density at radius 3 is 2.76 bits per heavy atom. The molecule has 0 bridgehead atoms. The highest BCUT2D eigenvalue weighted by molar-refractivity contribution is 5.66. The molecule has 1 atom stereocenters. The van der Waals surface area contributed by atoms with Crippen molar-refractivity contribution in [3.8, 4) is 11.1 Å². The van der Waals surface area contributed by atoms with Crippen LogP contribution in [-0.2, 0) is 6.54 Å². The number of likely N-dealkylation sites (tertiary alicyclic amines) is 1. The first-order valence-electron chi connectivity index (χ1n) is 11.4. The molecule has 0 aliphatic carbocycles. The average molecular weight is 445 g/mol. The summed E-state index contributed by atoms with van der Waals surface area (Å²) in [6.45, 7) is 5.93. The number of hydrogen-bond donors (Lipinski definition) is 0. The van der Waals surface area contributed by atoms with E-state index < -0.39 is 0 Å². The van der Waals surface area contributed by atoms with Crippen molar-refractivity contribution in [2.45, 2.75) is 39.3 Å². The van der Waals surface area contributed by atoms with Gasteiger partial charge in [0.25, 0.3) is 0 Å². The molecule has 3 aromatic heterocycles. The fraction of sp³-hybridized carbons (Fsp3) is 0.346. The molecular formula is C26H29FN6. The second-order valence-electron chi connectivity index (χ2n) is 9.08. The zero-order chi connectivity index (χ0) is 23.1. The average Bonchev–Trinajstić information content (AvgIpc) is 3.37. The number of nitrogens with zero attached hydrogens (tertiary/aromatic N) is 6. The van der Waals surface area contributed by atoms with Gasteiger partial charge < -0.3 is 9.30 Å². The van der Waals surface area contributed by atoms with E-state index >= 15 is 0 Å². The SMILES string of the molecule is Cc1ccn2c(CN3CCC[C@@H]3c3nc(N(C)C)ncc3-c3cccc(F)c3)c(C)nc2c1. The lowest BCUT2D eigenvalue weighted by Crippen LogP contribution is -2.26. The lowest BCUT2D eigenvalue weighted by atomic mass is 9.99. The van der Waals surface area contributed by atoms with Crippen LogP contribution in [0.1, 0.15) is 41.5 Å². The van der Waals surface area contributed by atoms with Crippen molar-refractivity contribution in [2.75, 3.05) is 25.5 Å². The number of imidazole rings is 1. The second-order valence-corrected chi connectivity index (χ2v) is 9.08. The Kier molecular flexibility index (Phi) is 5.58. The molecular weight excluding hydrogens is 415 g/mol. The maximum atomic E-state index is 14.0. The molecule has 1 aliphatic heterocycles. The number of halogens is 1. The number of rotatable bonds is 5. The van der Waals surface area contributed by atoms with Crippen LogP contribution in [0.4, 0.5) is 10.3 Å². The number of hydrogen-bond acceptors (Lipinski definition) is 5. The zero-order valence-corrected chi connectivity index (χ0v) is 19.6. The minimum atomic E-state index is -0.255. The number of anilines is 1. The number of aromatic nitrogens is 4. The van der Waals surface area contributed by atoms with Crippen LogP contribution in [0.3, 0.4) is 0 Å². The largest absolute Gasteiger partial charge is 0.347 e. The molecule has 33 heavy (non-hydrogen) atoms. The van der Waals surface area contributed by atoms with Gasteiger partial charge in [0.15, 0.2) is 0 Å². The second kappa shape index (κ2) is 8.56. The molecule has 0 saturated carbocycles. The van der Waals surface area contributed by atoms with Gasteiger partial charge in [0.2, 0.25) is 5.95 Å². The van der Waals surface area contributed by atoms with Gasteiger partial charge in [-0.2, -0.15) is 0 Å². The molecule has 5 rings (SSSR count). The maximum absolute atomic E-state index is 14.0. The predicted molar refractivity (Wildman–Crippen MR) is 129 cm³/mol.